The van der Waals surface area contributed by atoms with Crippen LogP contribution in [0.5, 0.6) is 5.75 Å². The summed E-state index contributed by atoms with van der Waals surface area (Å²) in [5.41, 5.74) is 1.65. The highest BCUT2D eigenvalue weighted by atomic mass is 32.2. The number of hydrogen-bond acceptors (Lipinski definition) is 3. The van der Waals surface area contributed by atoms with Crippen molar-refractivity contribution in [2.24, 2.45) is 0 Å². The van der Waals surface area contributed by atoms with Gasteiger partial charge in [-0.2, -0.15) is 0 Å². The van der Waals surface area contributed by atoms with Gasteiger partial charge < -0.3 is 4.74 Å². The SMILES string of the molecule is CC(C)(C)c1ccc2c(c1)OCS(=O)(=O)N2. The number of rotatable bonds is 0. The van der Waals surface area contributed by atoms with Gasteiger partial charge in [-0.1, -0.05) is 26.8 Å². The number of ether oxygens (including phenoxy) is 1. The largest absolute Gasteiger partial charge is 0.474 e. The molecule has 1 aliphatic rings. The molecule has 1 heterocycles. The van der Waals surface area contributed by atoms with Gasteiger partial charge in [-0.05, 0) is 23.1 Å². The summed E-state index contributed by atoms with van der Waals surface area (Å²) < 4.78 is 30.2. The highest BCUT2D eigenvalue weighted by Crippen LogP contribution is 2.34. The Bertz CT molecular complexity index is 515. The van der Waals surface area contributed by atoms with Gasteiger partial charge in [0.25, 0.3) is 10.0 Å². The molecule has 1 aliphatic heterocycles. The van der Waals surface area contributed by atoms with Crippen LogP contribution in [0.4, 0.5) is 5.69 Å². The van der Waals surface area contributed by atoms with Crippen molar-refractivity contribution in [2.45, 2.75) is 26.2 Å². The van der Waals surface area contributed by atoms with Crippen molar-refractivity contribution in [3.05, 3.63) is 23.8 Å². The number of fused-ring (bicyclic) bond motifs is 1. The van der Waals surface area contributed by atoms with E-state index in [1.807, 2.05) is 12.1 Å². The van der Waals surface area contributed by atoms with E-state index < -0.39 is 10.0 Å². The Balaban J connectivity index is 2.43. The van der Waals surface area contributed by atoms with E-state index in [2.05, 4.69) is 25.5 Å². The van der Waals surface area contributed by atoms with Gasteiger partial charge in [0.05, 0.1) is 5.69 Å². The summed E-state index contributed by atoms with van der Waals surface area (Å²) in [5, 5.41) is 0. The third kappa shape index (κ3) is 2.14. The van der Waals surface area contributed by atoms with Crippen molar-refractivity contribution < 1.29 is 13.2 Å². The maximum atomic E-state index is 11.3. The standard InChI is InChI=1S/C11H15NO3S/c1-11(2,3)8-4-5-9-10(6-8)15-7-16(13,14)12-9/h4-6,12H,7H2,1-3H3. The minimum absolute atomic E-state index is 0.0225. The van der Waals surface area contributed by atoms with Crippen molar-refractivity contribution in [1.29, 1.82) is 0 Å². The lowest BCUT2D eigenvalue weighted by Crippen LogP contribution is -2.26. The zero-order valence-electron chi connectivity index (χ0n) is 9.57. The summed E-state index contributed by atoms with van der Waals surface area (Å²) >= 11 is 0. The molecule has 0 aliphatic carbocycles. The van der Waals surface area contributed by atoms with E-state index in [4.69, 9.17) is 4.74 Å². The molecule has 88 valence electrons. The number of sulfonamides is 1. The summed E-state index contributed by atoms with van der Waals surface area (Å²) in [6.07, 6.45) is 0. The van der Waals surface area contributed by atoms with E-state index in [0.717, 1.165) is 5.56 Å². The molecule has 0 amide bonds. The zero-order chi connectivity index (χ0) is 12.0. The van der Waals surface area contributed by atoms with Gasteiger partial charge in [0.15, 0.2) is 0 Å². The topological polar surface area (TPSA) is 55.4 Å². The molecule has 5 heteroatoms. The second-order valence-corrected chi connectivity index (χ2v) is 6.61. The van der Waals surface area contributed by atoms with Crippen molar-refractivity contribution in [1.82, 2.24) is 0 Å². The van der Waals surface area contributed by atoms with Crippen LogP contribution >= 0.6 is 0 Å². The van der Waals surface area contributed by atoms with E-state index in [1.165, 1.54) is 0 Å². The van der Waals surface area contributed by atoms with Crippen molar-refractivity contribution in [3.63, 3.8) is 0 Å². The quantitative estimate of drug-likeness (QED) is 0.756. The van der Waals surface area contributed by atoms with Crippen LogP contribution in [0.2, 0.25) is 0 Å². The maximum absolute atomic E-state index is 11.3. The fourth-order valence-electron chi connectivity index (χ4n) is 1.53. The Morgan fingerprint density at radius 2 is 2.00 bits per heavy atom. The molecule has 2 rings (SSSR count). The van der Waals surface area contributed by atoms with Crippen LogP contribution < -0.4 is 9.46 Å². The zero-order valence-corrected chi connectivity index (χ0v) is 10.4. The number of anilines is 1. The molecule has 1 N–H and O–H groups in total. The highest BCUT2D eigenvalue weighted by molar-refractivity contribution is 7.92. The molecular formula is C11H15NO3S. The Kier molecular flexibility index (Phi) is 2.38. The molecule has 0 unspecified atom stereocenters. The van der Waals surface area contributed by atoms with E-state index in [0.29, 0.717) is 11.4 Å². The average Bonchev–Trinajstić information content (AvgIpc) is 2.14. The second-order valence-electron chi connectivity index (χ2n) is 4.94. The highest BCUT2D eigenvalue weighted by Gasteiger charge is 2.23. The first kappa shape index (κ1) is 11.3. The van der Waals surface area contributed by atoms with Crippen LogP contribution in [0, 0.1) is 0 Å². The molecule has 0 aromatic heterocycles. The summed E-state index contributed by atoms with van der Waals surface area (Å²) in [6, 6.07) is 5.54. The summed E-state index contributed by atoms with van der Waals surface area (Å²) in [6.45, 7) is 6.30. The molecular weight excluding hydrogens is 226 g/mol. The fraction of sp³-hybridized carbons (Fsp3) is 0.455. The fourth-order valence-corrected chi connectivity index (χ4v) is 2.38. The lowest BCUT2D eigenvalue weighted by Gasteiger charge is -2.24. The average molecular weight is 241 g/mol. The molecule has 0 saturated heterocycles. The molecule has 0 spiro atoms. The Hall–Kier alpha value is -1.23. The molecule has 1 aromatic carbocycles. The van der Waals surface area contributed by atoms with Crippen LogP contribution in [0.25, 0.3) is 0 Å². The van der Waals surface area contributed by atoms with Gasteiger partial charge in [-0.15, -0.1) is 0 Å². The first-order valence-corrected chi connectivity index (χ1v) is 6.71. The molecule has 1 aromatic rings. The smallest absolute Gasteiger partial charge is 0.268 e. The first-order valence-electron chi connectivity index (χ1n) is 5.06. The molecule has 4 nitrogen and oxygen atoms in total. The van der Waals surface area contributed by atoms with Crippen LogP contribution in [0.1, 0.15) is 26.3 Å². The van der Waals surface area contributed by atoms with Gasteiger partial charge in [-0.3, -0.25) is 4.72 Å². The summed E-state index contributed by atoms with van der Waals surface area (Å²) in [5.74, 6) is 0.287. The van der Waals surface area contributed by atoms with Crippen LogP contribution in [-0.4, -0.2) is 14.4 Å². The van der Waals surface area contributed by atoms with Crippen LogP contribution in [-0.2, 0) is 15.4 Å². The molecule has 0 fully saturated rings. The molecule has 0 bridgehead atoms. The van der Waals surface area contributed by atoms with E-state index in [1.54, 1.807) is 6.07 Å². The van der Waals surface area contributed by atoms with E-state index in [9.17, 15) is 8.42 Å². The number of benzene rings is 1. The maximum Gasteiger partial charge on any atom is 0.268 e. The van der Waals surface area contributed by atoms with Gasteiger partial charge in [0.2, 0.25) is 5.94 Å². The predicted octanol–water partition coefficient (Wildman–Crippen LogP) is 2.08. The lowest BCUT2D eigenvalue weighted by atomic mass is 9.87. The van der Waals surface area contributed by atoms with Gasteiger partial charge in [0, 0.05) is 0 Å². The van der Waals surface area contributed by atoms with Gasteiger partial charge in [-0.25, -0.2) is 8.42 Å². The normalized spacial score (nSPS) is 18.2. The van der Waals surface area contributed by atoms with Crippen molar-refractivity contribution >= 4 is 15.7 Å². The van der Waals surface area contributed by atoms with Crippen LogP contribution in [0.3, 0.4) is 0 Å². The van der Waals surface area contributed by atoms with Crippen molar-refractivity contribution in [2.75, 3.05) is 10.7 Å². The molecule has 0 saturated carbocycles. The Morgan fingerprint density at radius 3 is 2.62 bits per heavy atom. The Labute approximate surface area is 95.7 Å². The Morgan fingerprint density at radius 1 is 1.31 bits per heavy atom. The monoisotopic (exact) mass is 241 g/mol. The summed E-state index contributed by atoms with van der Waals surface area (Å²) in [4.78, 5) is 0. The number of hydrogen-bond donors (Lipinski definition) is 1. The van der Waals surface area contributed by atoms with Gasteiger partial charge >= 0.3 is 0 Å². The second kappa shape index (κ2) is 3.38. The van der Waals surface area contributed by atoms with E-state index in [-0.39, 0.29) is 11.4 Å². The van der Waals surface area contributed by atoms with Gasteiger partial charge in [0.1, 0.15) is 5.75 Å². The minimum atomic E-state index is -3.32. The summed E-state index contributed by atoms with van der Waals surface area (Å²) in [7, 11) is -3.32. The number of nitrogens with one attached hydrogen (secondary N) is 1. The first-order chi connectivity index (χ1) is 7.28. The van der Waals surface area contributed by atoms with Crippen LogP contribution in [0.15, 0.2) is 18.2 Å². The third-order valence-electron chi connectivity index (χ3n) is 2.48. The predicted molar refractivity (Wildman–Crippen MR) is 63.2 cm³/mol. The molecule has 0 radical (unpaired) electrons. The minimum Gasteiger partial charge on any atom is -0.474 e. The molecule has 16 heavy (non-hydrogen) atoms. The van der Waals surface area contributed by atoms with Crippen molar-refractivity contribution in [3.8, 4) is 5.75 Å². The van der Waals surface area contributed by atoms with E-state index >= 15 is 0 Å². The lowest BCUT2D eigenvalue weighted by molar-refractivity contribution is 0.373. The molecule has 0 atom stereocenters. The third-order valence-corrected chi connectivity index (χ3v) is 3.44.